The van der Waals surface area contributed by atoms with E-state index in [1.54, 1.807) is 30.1 Å². The fraction of sp³-hybridized carbons (Fsp3) is 0.147. The Labute approximate surface area is 259 Å². The fourth-order valence-electron chi connectivity index (χ4n) is 4.96. The van der Waals surface area contributed by atoms with E-state index in [2.05, 4.69) is 34.5 Å². The molecule has 0 bridgehead atoms. The van der Waals surface area contributed by atoms with Crippen molar-refractivity contribution in [3.63, 3.8) is 0 Å². The molecule has 1 N–H and O–H groups in total. The van der Waals surface area contributed by atoms with Crippen molar-refractivity contribution in [3.05, 3.63) is 137 Å². The van der Waals surface area contributed by atoms with E-state index in [1.807, 2.05) is 60.7 Å². The molecule has 0 saturated heterocycles. The highest BCUT2D eigenvalue weighted by Crippen LogP contribution is 2.31. The molecule has 0 spiro atoms. The quantitative estimate of drug-likeness (QED) is 0.0876. The number of nitro benzene ring substituents is 1. The molecule has 0 unspecified atom stereocenters. The number of fused-ring (bicyclic) bond motifs is 1. The molecule has 2 heterocycles. The van der Waals surface area contributed by atoms with Gasteiger partial charge in [-0.1, -0.05) is 72.8 Å². The number of hydrogen-bond donors (Lipinski definition) is 1. The lowest BCUT2D eigenvalue weighted by Crippen LogP contribution is -2.24. The number of nitrogens with zero attached hydrogens (tertiary/aromatic N) is 6. The van der Waals surface area contributed by atoms with Gasteiger partial charge in [0, 0.05) is 44.1 Å². The Morgan fingerprint density at radius 2 is 1.56 bits per heavy atom. The summed E-state index contributed by atoms with van der Waals surface area (Å²) in [4.78, 5) is 27.9. The van der Waals surface area contributed by atoms with Gasteiger partial charge in [0.1, 0.15) is 18.7 Å². The van der Waals surface area contributed by atoms with Crippen LogP contribution in [-0.4, -0.2) is 44.8 Å². The van der Waals surface area contributed by atoms with Gasteiger partial charge in [0.15, 0.2) is 17.0 Å². The van der Waals surface area contributed by atoms with Crippen LogP contribution >= 0.6 is 0 Å². The van der Waals surface area contributed by atoms with Gasteiger partial charge in [0.05, 0.1) is 17.2 Å². The lowest BCUT2D eigenvalue weighted by Gasteiger charge is -2.25. The third kappa shape index (κ3) is 7.06. The minimum absolute atomic E-state index is 0.0259. The number of ether oxygens (including phenoxy) is 2. The van der Waals surface area contributed by atoms with Crippen molar-refractivity contribution in [2.75, 3.05) is 30.5 Å². The number of non-ortho nitro benzene ring substituents is 1. The molecule has 0 aliphatic heterocycles. The molecular weight excluding hydrogens is 570 g/mol. The number of aromatic nitrogens is 4. The van der Waals surface area contributed by atoms with Crippen LogP contribution in [0.15, 0.2) is 116 Å². The number of nitro groups is 1. The summed E-state index contributed by atoms with van der Waals surface area (Å²) in [5, 5.41) is 14.9. The van der Waals surface area contributed by atoms with Crippen LogP contribution in [-0.2, 0) is 17.8 Å². The smallest absolute Gasteiger partial charge is 0.271 e. The van der Waals surface area contributed by atoms with Crippen molar-refractivity contribution in [2.45, 2.75) is 13.1 Å². The first-order chi connectivity index (χ1) is 22.1. The summed E-state index contributed by atoms with van der Waals surface area (Å²) in [7, 11) is 1.63. The largest absolute Gasteiger partial charge is 0.491 e. The highest BCUT2D eigenvalue weighted by atomic mass is 16.6. The van der Waals surface area contributed by atoms with E-state index >= 15 is 0 Å². The number of rotatable bonds is 13. The normalized spacial score (nSPS) is 11.0. The van der Waals surface area contributed by atoms with E-state index in [1.165, 1.54) is 12.1 Å². The van der Waals surface area contributed by atoms with Crippen LogP contribution in [0.4, 0.5) is 23.1 Å². The Kier molecular flexibility index (Phi) is 8.88. The van der Waals surface area contributed by atoms with Crippen molar-refractivity contribution >= 4 is 34.3 Å². The summed E-state index contributed by atoms with van der Waals surface area (Å²) in [6, 6.07) is 34.2. The number of imidazole rings is 1. The molecule has 0 aliphatic rings. The Hall–Kier alpha value is -5.81. The van der Waals surface area contributed by atoms with Gasteiger partial charge in [-0.05, 0) is 29.3 Å². The van der Waals surface area contributed by atoms with Gasteiger partial charge in [-0.2, -0.15) is 9.97 Å². The summed E-state index contributed by atoms with van der Waals surface area (Å²) < 4.78 is 12.6. The second-order valence-corrected chi connectivity index (χ2v) is 10.3. The summed E-state index contributed by atoms with van der Waals surface area (Å²) in [6.45, 7) is 2.02. The SMILES string of the molecule is COCCOc1cccc(Nc2nc(N(Cc3ccccc3)Cc3ccccc3)c3ncn(-c4cccc([N+](=O)[O-])c4)c3n2)c1. The van der Waals surface area contributed by atoms with E-state index in [4.69, 9.17) is 24.4 Å². The molecule has 0 fully saturated rings. The van der Waals surface area contributed by atoms with Crippen molar-refractivity contribution < 1.29 is 14.4 Å². The van der Waals surface area contributed by atoms with Crippen LogP contribution in [0.3, 0.4) is 0 Å². The van der Waals surface area contributed by atoms with Gasteiger partial charge in [-0.3, -0.25) is 14.7 Å². The average molecular weight is 602 g/mol. The third-order valence-corrected chi connectivity index (χ3v) is 7.07. The van der Waals surface area contributed by atoms with E-state index in [0.29, 0.717) is 60.7 Å². The minimum atomic E-state index is -0.417. The molecule has 45 heavy (non-hydrogen) atoms. The van der Waals surface area contributed by atoms with E-state index in [9.17, 15) is 10.1 Å². The summed E-state index contributed by atoms with van der Waals surface area (Å²) in [5.74, 6) is 1.63. The third-order valence-electron chi connectivity index (χ3n) is 7.07. The first-order valence-electron chi connectivity index (χ1n) is 14.4. The molecule has 11 heteroatoms. The van der Waals surface area contributed by atoms with Crippen LogP contribution in [0, 0.1) is 10.1 Å². The Morgan fingerprint density at radius 3 is 2.24 bits per heavy atom. The number of nitrogens with one attached hydrogen (secondary N) is 1. The molecule has 6 rings (SSSR count). The zero-order valence-corrected chi connectivity index (χ0v) is 24.6. The number of hydrogen-bond acceptors (Lipinski definition) is 9. The van der Waals surface area contributed by atoms with E-state index in [-0.39, 0.29) is 5.69 Å². The minimum Gasteiger partial charge on any atom is -0.491 e. The molecule has 0 atom stereocenters. The summed E-state index contributed by atoms with van der Waals surface area (Å²) in [6.07, 6.45) is 1.62. The first kappa shape index (κ1) is 29.3. The monoisotopic (exact) mass is 601 g/mol. The van der Waals surface area contributed by atoms with Crippen molar-refractivity contribution in [3.8, 4) is 11.4 Å². The van der Waals surface area contributed by atoms with Gasteiger partial charge < -0.3 is 19.7 Å². The van der Waals surface area contributed by atoms with Crippen LogP contribution in [0.5, 0.6) is 5.75 Å². The molecular formula is C34H31N7O4. The lowest BCUT2D eigenvalue weighted by atomic mass is 10.1. The molecule has 0 saturated carbocycles. The van der Waals surface area contributed by atoms with Crippen molar-refractivity contribution in [1.29, 1.82) is 0 Å². The second-order valence-electron chi connectivity index (χ2n) is 10.3. The van der Waals surface area contributed by atoms with E-state index in [0.717, 1.165) is 16.8 Å². The fourth-order valence-corrected chi connectivity index (χ4v) is 4.96. The van der Waals surface area contributed by atoms with Gasteiger partial charge >= 0.3 is 0 Å². The van der Waals surface area contributed by atoms with Gasteiger partial charge in [-0.25, -0.2) is 4.98 Å². The van der Waals surface area contributed by atoms with E-state index < -0.39 is 4.92 Å². The van der Waals surface area contributed by atoms with Gasteiger partial charge in [0.25, 0.3) is 5.69 Å². The Balaban J connectivity index is 1.47. The highest BCUT2D eigenvalue weighted by molar-refractivity contribution is 5.86. The van der Waals surface area contributed by atoms with Crippen LogP contribution in [0.1, 0.15) is 11.1 Å². The number of benzene rings is 4. The molecule has 0 aliphatic carbocycles. The number of anilines is 3. The Morgan fingerprint density at radius 1 is 0.844 bits per heavy atom. The zero-order chi connectivity index (χ0) is 31.0. The van der Waals surface area contributed by atoms with Crippen LogP contribution in [0.25, 0.3) is 16.9 Å². The van der Waals surface area contributed by atoms with Crippen LogP contribution in [0.2, 0.25) is 0 Å². The number of methoxy groups -OCH3 is 1. The van der Waals surface area contributed by atoms with Crippen molar-refractivity contribution in [2.24, 2.45) is 0 Å². The molecule has 11 nitrogen and oxygen atoms in total. The standard InChI is InChI=1S/C34H31N7O4/c1-44-18-19-45-30-17-8-14-27(20-30)36-34-37-32(39(22-25-10-4-2-5-11-25)23-26-12-6-3-7-13-26)31-33(38-34)40(24-35-31)28-15-9-16-29(21-28)41(42)43/h2-17,20-21,24H,18-19,22-23H2,1H3,(H,36,37,38). The average Bonchev–Trinajstić information content (AvgIpc) is 3.49. The maximum absolute atomic E-state index is 11.6. The second kappa shape index (κ2) is 13.7. The van der Waals surface area contributed by atoms with Crippen molar-refractivity contribution in [1.82, 2.24) is 19.5 Å². The molecule has 6 aromatic rings. The molecule has 226 valence electrons. The summed E-state index contributed by atoms with van der Waals surface area (Å²) in [5.41, 5.74) is 4.55. The Bertz CT molecular complexity index is 1860. The van der Waals surface area contributed by atoms with Gasteiger partial charge in [-0.15, -0.1) is 0 Å². The zero-order valence-electron chi connectivity index (χ0n) is 24.6. The maximum atomic E-state index is 11.6. The predicted octanol–water partition coefficient (Wildman–Crippen LogP) is 6.70. The summed E-state index contributed by atoms with van der Waals surface area (Å²) >= 11 is 0. The lowest BCUT2D eigenvalue weighted by molar-refractivity contribution is -0.384. The first-order valence-corrected chi connectivity index (χ1v) is 14.4. The predicted molar refractivity (Wildman–Crippen MR) is 173 cm³/mol. The molecule has 0 radical (unpaired) electrons. The molecule has 0 amide bonds. The van der Waals surface area contributed by atoms with Crippen LogP contribution < -0.4 is 15.0 Å². The molecule has 4 aromatic carbocycles. The topological polar surface area (TPSA) is 120 Å². The maximum Gasteiger partial charge on any atom is 0.271 e. The molecule has 2 aromatic heterocycles. The van der Waals surface area contributed by atoms with Gasteiger partial charge in [0.2, 0.25) is 5.95 Å². The highest BCUT2D eigenvalue weighted by Gasteiger charge is 2.21.